The summed E-state index contributed by atoms with van der Waals surface area (Å²) in [6.07, 6.45) is 4.61. The monoisotopic (exact) mass is 351 g/mol. The van der Waals surface area contributed by atoms with E-state index in [9.17, 15) is 14.9 Å². The number of nitro benzene ring substituents is 1. The Morgan fingerprint density at radius 3 is 2.50 bits per heavy atom. The fraction of sp³-hybridized carbons (Fsp3) is 0.588. The molecule has 2 aliphatic heterocycles. The highest BCUT2D eigenvalue weighted by atomic mass is 35.5. The quantitative estimate of drug-likeness (QED) is 0.617. The predicted octanol–water partition coefficient (Wildman–Crippen LogP) is 3.54. The minimum atomic E-state index is -0.420. The van der Waals surface area contributed by atoms with Crippen LogP contribution in [0, 0.1) is 17.0 Å². The molecule has 1 aromatic rings. The third-order valence-electron chi connectivity index (χ3n) is 5.03. The van der Waals surface area contributed by atoms with Crippen LogP contribution in [-0.2, 0) is 4.79 Å². The van der Waals surface area contributed by atoms with Crippen LogP contribution in [-0.4, -0.2) is 41.4 Å². The third kappa shape index (κ3) is 3.34. The smallest absolute Gasteiger partial charge is 0.271 e. The van der Waals surface area contributed by atoms with Crippen molar-refractivity contribution < 1.29 is 9.72 Å². The number of likely N-dealkylation sites (tertiary alicyclic amines) is 1. The summed E-state index contributed by atoms with van der Waals surface area (Å²) in [5.41, 5.74) is 1.72. The number of halogens is 1. The molecule has 6 nitrogen and oxygen atoms in total. The second-order valence-corrected chi connectivity index (χ2v) is 7.02. The van der Waals surface area contributed by atoms with Crippen LogP contribution in [0.5, 0.6) is 0 Å². The summed E-state index contributed by atoms with van der Waals surface area (Å²) in [5.74, 6) is 0.282. The largest absolute Gasteiger partial charge is 0.370 e. The van der Waals surface area contributed by atoms with Crippen molar-refractivity contribution in [3.63, 3.8) is 0 Å². The Balaban J connectivity index is 1.71. The highest BCUT2D eigenvalue weighted by Crippen LogP contribution is 2.36. The van der Waals surface area contributed by atoms with E-state index in [-0.39, 0.29) is 11.6 Å². The van der Waals surface area contributed by atoms with Crippen molar-refractivity contribution in [2.45, 2.75) is 45.1 Å². The number of benzene rings is 1. The molecule has 0 atom stereocenters. The van der Waals surface area contributed by atoms with Gasteiger partial charge in [0.1, 0.15) is 0 Å². The maximum Gasteiger partial charge on any atom is 0.271 e. The standard InChI is InChI=1S/C17H22ClN3O3/c1-12-10-14(21(23)24)11-15(18)17(12)19-8-5-13(6-9-19)20-7-3-2-4-16(20)22/h10-11,13H,2-9H2,1H3. The molecule has 0 N–H and O–H groups in total. The first-order valence-corrected chi connectivity index (χ1v) is 8.84. The van der Waals surface area contributed by atoms with Gasteiger partial charge in [0, 0.05) is 44.2 Å². The Kier molecular flexibility index (Phi) is 4.94. The van der Waals surface area contributed by atoms with E-state index < -0.39 is 4.92 Å². The molecule has 0 saturated carbocycles. The average Bonchev–Trinajstić information content (AvgIpc) is 2.55. The number of carbonyl (C=O) groups excluding carboxylic acids is 1. The van der Waals surface area contributed by atoms with Crippen molar-refractivity contribution in [3.05, 3.63) is 32.8 Å². The van der Waals surface area contributed by atoms with Gasteiger partial charge in [-0.2, -0.15) is 0 Å². The maximum absolute atomic E-state index is 12.1. The SMILES string of the molecule is Cc1cc([N+](=O)[O-])cc(Cl)c1N1CCC(N2CCCCC2=O)CC1. The first kappa shape index (κ1) is 17.0. The Morgan fingerprint density at radius 2 is 1.92 bits per heavy atom. The molecule has 0 aliphatic carbocycles. The van der Waals surface area contributed by atoms with Gasteiger partial charge in [-0.25, -0.2) is 0 Å². The van der Waals surface area contributed by atoms with E-state index in [1.165, 1.54) is 6.07 Å². The fourth-order valence-corrected chi connectivity index (χ4v) is 4.22. The van der Waals surface area contributed by atoms with Crippen LogP contribution in [0.25, 0.3) is 0 Å². The van der Waals surface area contributed by atoms with Gasteiger partial charge in [0.2, 0.25) is 5.91 Å². The van der Waals surface area contributed by atoms with Gasteiger partial charge >= 0.3 is 0 Å². The second-order valence-electron chi connectivity index (χ2n) is 6.61. The van der Waals surface area contributed by atoms with Crippen LogP contribution in [0.15, 0.2) is 12.1 Å². The van der Waals surface area contributed by atoms with Crippen molar-refractivity contribution in [2.75, 3.05) is 24.5 Å². The molecule has 1 aromatic carbocycles. The third-order valence-corrected chi connectivity index (χ3v) is 5.32. The number of anilines is 1. The van der Waals surface area contributed by atoms with Gasteiger partial charge < -0.3 is 9.80 Å². The summed E-state index contributed by atoms with van der Waals surface area (Å²) in [4.78, 5) is 26.8. The van der Waals surface area contributed by atoms with Crippen molar-refractivity contribution >= 4 is 28.9 Å². The number of nitro groups is 1. The molecule has 1 amide bonds. The Labute approximate surface area is 146 Å². The molecule has 0 unspecified atom stereocenters. The van der Waals surface area contributed by atoms with Crippen LogP contribution in [0.2, 0.25) is 5.02 Å². The lowest BCUT2D eigenvalue weighted by atomic mass is 9.98. The highest BCUT2D eigenvalue weighted by molar-refractivity contribution is 6.33. The molecule has 7 heteroatoms. The van der Waals surface area contributed by atoms with Crippen LogP contribution in [0.4, 0.5) is 11.4 Å². The number of amides is 1. The van der Waals surface area contributed by atoms with Gasteiger partial charge in [0.05, 0.1) is 15.6 Å². The van der Waals surface area contributed by atoms with E-state index in [0.29, 0.717) is 17.5 Å². The molecule has 24 heavy (non-hydrogen) atoms. The number of carbonyl (C=O) groups is 1. The van der Waals surface area contributed by atoms with E-state index in [1.807, 2.05) is 11.8 Å². The first-order valence-electron chi connectivity index (χ1n) is 8.46. The van der Waals surface area contributed by atoms with Crippen molar-refractivity contribution in [1.29, 1.82) is 0 Å². The molecule has 130 valence electrons. The first-order chi connectivity index (χ1) is 11.5. The average molecular weight is 352 g/mol. The lowest BCUT2D eigenvalue weighted by molar-refractivity contribution is -0.384. The predicted molar refractivity (Wildman–Crippen MR) is 93.6 cm³/mol. The van der Waals surface area contributed by atoms with Gasteiger partial charge in [-0.1, -0.05) is 11.6 Å². The number of rotatable bonds is 3. The molecule has 0 aromatic heterocycles. The zero-order valence-corrected chi connectivity index (χ0v) is 14.6. The van der Waals surface area contributed by atoms with Gasteiger partial charge in [-0.05, 0) is 38.2 Å². The van der Waals surface area contributed by atoms with E-state index in [1.54, 1.807) is 6.07 Å². The molecule has 2 aliphatic rings. The molecular formula is C17H22ClN3O3. The van der Waals surface area contributed by atoms with Crippen LogP contribution in [0.1, 0.15) is 37.7 Å². The molecule has 0 spiro atoms. The minimum Gasteiger partial charge on any atom is -0.370 e. The summed E-state index contributed by atoms with van der Waals surface area (Å²) in [7, 11) is 0. The summed E-state index contributed by atoms with van der Waals surface area (Å²) in [5, 5.41) is 11.4. The van der Waals surface area contributed by atoms with Crippen LogP contribution < -0.4 is 4.90 Å². The van der Waals surface area contributed by atoms with Crippen LogP contribution in [0.3, 0.4) is 0 Å². The van der Waals surface area contributed by atoms with E-state index in [4.69, 9.17) is 11.6 Å². The lowest BCUT2D eigenvalue weighted by Gasteiger charge is -2.41. The minimum absolute atomic E-state index is 0.0232. The Hall–Kier alpha value is -1.82. The molecule has 3 rings (SSSR count). The molecular weight excluding hydrogens is 330 g/mol. The summed E-state index contributed by atoms with van der Waals surface area (Å²) >= 11 is 6.31. The fourth-order valence-electron chi connectivity index (χ4n) is 3.84. The number of non-ortho nitro benzene ring substituents is 1. The molecule has 0 bridgehead atoms. The zero-order chi connectivity index (χ0) is 17.3. The number of aryl methyl sites for hydroxylation is 1. The van der Waals surface area contributed by atoms with Gasteiger partial charge in [-0.3, -0.25) is 14.9 Å². The van der Waals surface area contributed by atoms with Crippen molar-refractivity contribution in [3.8, 4) is 0 Å². The normalized spacial score (nSPS) is 19.7. The molecule has 0 radical (unpaired) electrons. The summed E-state index contributed by atoms with van der Waals surface area (Å²) < 4.78 is 0. The second kappa shape index (κ2) is 6.97. The molecule has 2 fully saturated rings. The summed E-state index contributed by atoms with van der Waals surface area (Å²) in [6, 6.07) is 3.30. The zero-order valence-electron chi connectivity index (χ0n) is 13.8. The number of hydrogen-bond acceptors (Lipinski definition) is 4. The van der Waals surface area contributed by atoms with E-state index in [2.05, 4.69) is 4.90 Å². The Morgan fingerprint density at radius 1 is 1.21 bits per heavy atom. The number of piperidine rings is 2. The highest BCUT2D eigenvalue weighted by Gasteiger charge is 2.30. The number of nitrogens with zero attached hydrogens (tertiary/aromatic N) is 3. The topological polar surface area (TPSA) is 66.7 Å². The lowest BCUT2D eigenvalue weighted by Crippen LogP contribution is -2.49. The van der Waals surface area contributed by atoms with Crippen LogP contribution >= 0.6 is 11.6 Å². The van der Waals surface area contributed by atoms with Crippen molar-refractivity contribution in [1.82, 2.24) is 4.90 Å². The van der Waals surface area contributed by atoms with E-state index in [0.717, 1.165) is 56.6 Å². The van der Waals surface area contributed by atoms with Gasteiger partial charge in [-0.15, -0.1) is 0 Å². The maximum atomic E-state index is 12.1. The van der Waals surface area contributed by atoms with E-state index >= 15 is 0 Å². The molecule has 2 saturated heterocycles. The van der Waals surface area contributed by atoms with Gasteiger partial charge in [0.25, 0.3) is 5.69 Å². The summed E-state index contributed by atoms with van der Waals surface area (Å²) in [6.45, 7) is 4.36. The Bertz CT molecular complexity index is 633. The molecule has 2 heterocycles. The van der Waals surface area contributed by atoms with Gasteiger partial charge in [0.15, 0.2) is 0 Å². The van der Waals surface area contributed by atoms with Crippen molar-refractivity contribution in [2.24, 2.45) is 0 Å². The number of hydrogen-bond donors (Lipinski definition) is 0.